The number of amides is 2. The first-order chi connectivity index (χ1) is 18.2. The summed E-state index contributed by atoms with van der Waals surface area (Å²) in [7, 11) is -0.581. The monoisotopic (exact) mass is 562 g/mol. The maximum absolute atomic E-state index is 13.8. The van der Waals surface area contributed by atoms with E-state index in [0.29, 0.717) is 36.2 Å². The number of primary amides is 1. The number of hydrogen-bond donors (Lipinski definition) is 3. The van der Waals surface area contributed by atoms with Crippen LogP contribution < -0.4 is 15.8 Å². The first-order valence-electron chi connectivity index (χ1n) is 11.8. The first-order valence-corrected chi connectivity index (χ1v) is 13.2. The van der Waals surface area contributed by atoms with E-state index in [1.54, 1.807) is 13.8 Å². The standard InChI is InChI=1S/C25H28F2N6O5S/c1-25(2)21-20(13-33(25)39(36,37)17-10-14(26)9-15(27)11-17)23(31-30-21)29-24(35)18-6-5-16(12-19(18)22(28)34)38-8-7-32(3)4/h5-6,9-12H,7-8,13H2,1-4H3,(H2,28,34)(H2,29,30,31,35). The van der Waals surface area contributed by atoms with Gasteiger partial charge in [-0.05, 0) is 58.3 Å². The Morgan fingerprint density at radius 3 is 2.44 bits per heavy atom. The lowest BCUT2D eigenvalue weighted by atomic mass is 10.0. The van der Waals surface area contributed by atoms with Gasteiger partial charge in [0, 0.05) is 24.7 Å². The lowest BCUT2D eigenvalue weighted by molar-refractivity contribution is 0.0976. The van der Waals surface area contributed by atoms with Crippen LogP contribution in [0.3, 0.4) is 0 Å². The molecule has 0 atom stereocenters. The van der Waals surface area contributed by atoms with Crippen molar-refractivity contribution in [2.24, 2.45) is 5.73 Å². The number of nitrogens with zero attached hydrogens (tertiary/aromatic N) is 3. The van der Waals surface area contributed by atoms with Gasteiger partial charge in [0.15, 0.2) is 5.82 Å². The Bertz CT molecular complexity index is 1530. The summed E-state index contributed by atoms with van der Waals surface area (Å²) in [4.78, 5) is 26.6. The van der Waals surface area contributed by atoms with Crippen LogP contribution in [-0.2, 0) is 22.1 Å². The second kappa shape index (κ2) is 10.4. The lowest BCUT2D eigenvalue weighted by Gasteiger charge is -2.30. The van der Waals surface area contributed by atoms with E-state index in [1.165, 1.54) is 18.2 Å². The number of halogens is 2. The Hall–Kier alpha value is -3.88. The fraction of sp³-hybridized carbons (Fsp3) is 0.320. The van der Waals surface area contributed by atoms with Gasteiger partial charge in [-0.2, -0.15) is 9.40 Å². The van der Waals surface area contributed by atoms with Crippen LogP contribution >= 0.6 is 0 Å². The minimum Gasteiger partial charge on any atom is -0.492 e. The van der Waals surface area contributed by atoms with Crippen LogP contribution in [0.1, 0.15) is 45.8 Å². The van der Waals surface area contributed by atoms with Crippen molar-refractivity contribution in [3.05, 3.63) is 70.4 Å². The quantitative estimate of drug-likeness (QED) is 0.362. The molecule has 0 radical (unpaired) electrons. The van der Waals surface area contributed by atoms with Gasteiger partial charge in [0.25, 0.3) is 5.91 Å². The number of carbonyl (C=O) groups is 2. The van der Waals surface area contributed by atoms with E-state index in [2.05, 4.69) is 15.5 Å². The molecule has 0 bridgehead atoms. The van der Waals surface area contributed by atoms with Gasteiger partial charge in [-0.3, -0.25) is 14.7 Å². The molecule has 208 valence electrons. The summed E-state index contributed by atoms with van der Waals surface area (Å²) < 4.78 is 60.9. The lowest BCUT2D eigenvalue weighted by Crippen LogP contribution is -2.40. The third kappa shape index (κ3) is 5.48. The topological polar surface area (TPSA) is 151 Å². The summed E-state index contributed by atoms with van der Waals surface area (Å²) in [6, 6.07) is 6.35. The fourth-order valence-electron chi connectivity index (χ4n) is 4.32. The summed E-state index contributed by atoms with van der Waals surface area (Å²) in [6.45, 7) is 3.94. The van der Waals surface area contributed by atoms with E-state index in [-0.39, 0.29) is 23.5 Å². The molecule has 0 saturated heterocycles. The van der Waals surface area contributed by atoms with Crippen molar-refractivity contribution in [3.63, 3.8) is 0 Å². The third-order valence-corrected chi connectivity index (χ3v) is 8.37. The van der Waals surface area contributed by atoms with Crippen LogP contribution in [0, 0.1) is 11.6 Å². The van der Waals surface area contributed by atoms with Crippen LogP contribution in [0.4, 0.5) is 14.6 Å². The Morgan fingerprint density at radius 2 is 1.82 bits per heavy atom. The number of hydrogen-bond acceptors (Lipinski definition) is 7. The van der Waals surface area contributed by atoms with Crippen molar-refractivity contribution < 1.29 is 31.5 Å². The van der Waals surface area contributed by atoms with Crippen molar-refractivity contribution in [1.82, 2.24) is 19.4 Å². The van der Waals surface area contributed by atoms with E-state index in [1.807, 2.05) is 19.0 Å². The molecule has 2 aromatic carbocycles. The van der Waals surface area contributed by atoms with Crippen LogP contribution in [0.25, 0.3) is 0 Å². The van der Waals surface area contributed by atoms with Gasteiger partial charge >= 0.3 is 0 Å². The Balaban J connectivity index is 1.60. The van der Waals surface area contributed by atoms with E-state index in [0.717, 1.165) is 16.4 Å². The van der Waals surface area contributed by atoms with Crippen LogP contribution in [-0.4, -0.2) is 66.9 Å². The zero-order valence-electron chi connectivity index (χ0n) is 21.7. The van der Waals surface area contributed by atoms with Gasteiger partial charge in [0.05, 0.1) is 27.3 Å². The minimum absolute atomic E-state index is 0.0313. The zero-order valence-corrected chi connectivity index (χ0v) is 22.5. The van der Waals surface area contributed by atoms with Crippen LogP contribution in [0.2, 0.25) is 0 Å². The molecule has 14 heteroatoms. The summed E-state index contributed by atoms with van der Waals surface area (Å²) in [5, 5.41) is 9.48. The average Bonchev–Trinajstić information content (AvgIpc) is 3.36. The number of carbonyl (C=O) groups excluding carboxylic acids is 2. The minimum atomic E-state index is -4.35. The molecule has 4 rings (SSSR count). The molecular formula is C25H28F2N6O5S. The number of rotatable bonds is 9. The van der Waals surface area contributed by atoms with Gasteiger partial charge in [-0.1, -0.05) is 0 Å². The molecule has 1 aromatic heterocycles. The van der Waals surface area contributed by atoms with Crippen LogP contribution in [0.5, 0.6) is 5.75 Å². The molecule has 39 heavy (non-hydrogen) atoms. The number of ether oxygens (including phenoxy) is 1. The number of nitrogens with one attached hydrogen (secondary N) is 2. The van der Waals surface area contributed by atoms with Crippen molar-refractivity contribution in [2.45, 2.75) is 30.8 Å². The molecule has 0 saturated carbocycles. The average molecular weight is 563 g/mol. The summed E-state index contributed by atoms with van der Waals surface area (Å²) >= 11 is 0. The van der Waals surface area contributed by atoms with Crippen LogP contribution in [0.15, 0.2) is 41.3 Å². The number of aromatic nitrogens is 2. The van der Waals surface area contributed by atoms with E-state index in [4.69, 9.17) is 10.5 Å². The number of aromatic amines is 1. The Morgan fingerprint density at radius 1 is 1.15 bits per heavy atom. The van der Waals surface area contributed by atoms with Gasteiger partial charge in [-0.25, -0.2) is 17.2 Å². The number of fused-ring (bicyclic) bond motifs is 1. The van der Waals surface area contributed by atoms with E-state index >= 15 is 0 Å². The Kier molecular flexibility index (Phi) is 7.47. The maximum atomic E-state index is 13.8. The van der Waals surface area contributed by atoms with Gasteiger partial charge in [0.1, 0.15) is 24.0 Å². The van der Waals surface area contributed by atoms with Crippen molar-refractivity contribution >= 4 is 27.7 Å². The molecule has 0 unspecified atom stereocenters. The fourth-order valence-corrected chi connectivity index (χ4v) is 6.09. The van der Waals surface area contributed by atoms with E-state index < -0.39 is 43.9 Å². The molecule has 1 aliphatic heterocycles. The number of H-pyrrole nitrogens is 1. The molecule has 4 N–H and O–H groups in total. The predicted molar refractivity (Wildman–Crippen MR) is 138 cm³/mol. The van der Waals surface area contributed by atoms with Crippen molar-refractivity contribution in [3.8, 4) is 5.75 Å². The van der Waals surface area contributed by atoms with E-state index in [9.17, 15) is 26.8 Å². The molecule has 0 spiro atoms. The van der Waals surface area contributed by atoms with Gasteiger partial charge in [0.2, 0.25) is 15.9 Å². The largest absolute Gasteiger partial charge is 0.492 e. The summed E-state index contributed by atoms with van der Waals surface area (Å²) in [6.07, 6.45) is 0. The summed E-state index contributed by atoms with van der Waals surface area (Å²) in [5.74, 6) is -3.21. The zero-order chi connectivity index (χ0) is 28.7. The smallest absolute Gasteiger partial charge is 0.257 e. The highest BCUT2D eigenvalue weighted by atomic mass is 32.2. The second-order valence-corrected chi connectivity index (χ2v) is 11.6. The predicted octanol–water partition coefficient (Wildman–Crippen LogP) is 2.42. The number of benzene rings is 2. The summed E-state index contributed by atoms with van der Waals surface area (Å²) in [5.41, 5.74) is 4.96. The second-order valence-electron chi connectivity index (χ2n) is 9.78. The highest BCUT2D eigenvalue weighted by molar-refractivity contribution is 7.89. The SMILES string of the molecule is CN(C)CCOc1ccc(C(=O)Nc2n[nH]c3c2CN(S(=O)(=O)c2cc(F)cc(F)c2)C3(C)C)c(C(N)=O)c1. The number of sulfonamides is 1. The molecule has 2 heterocycles. The number of anilines is 1. The molecule has 3 aromatic rings. The highest BCUT2D eigenvalue weighted by Gasteiger charge is 2.48. The number of likely N-dealkylation sites (N-methyl/N-ethyl adjacent to an activating group) is 1. The van der Waals surface area contributed by atoms with Gasteiger partial charge < -0.3 is 20.7 Å². The maximum Gasteiger partial charge on any atom is 0.257 e. The Labute approximate surface area is 224 Å². The molecule has 1 aliphatic rings. The molecule has 11 nitrogen and oxygen atoms in total. The molecule has 0 aliphatic carbocycles. The van der Waals surface area contributed by atoms with Crippen molar-refractivity contribution in [2.75, 3.05) is 32.6 Å². The molecule has 0 fully saturated rings. The normalized spacial score (nSPS) is 14.8. The van der Waals surface area contributed by atoms with Crippen molar-refractivity contribution in [1.29, 1.82) is 0 Å². The molecular weight excluding hydrogens is 534 g/mol. The van der Waals surface area contributed by atoms with Gasteiger partial charge in [-0.15, -0.1) is 0 Å². The third-order valence-electron chi connectivity index (χ3n) is 6.37. The highest BCUT2D eigenvalue weighted by Crippen LogP contribution is 2.44. The number of nitrogens with two attached hydrogens (primary N) is 1. The first kappa shape index (κ1) is 28.1. The molecule has 2 amide bonds.